The van der Waals surface area contributed by atoms with Gasteiger partial charge < -0.3 is 5.73 Å². The zero-order chi connectivity index (χ0) is 12.4. The van der Waals surface area contributed by atoms with E-state index in [-0.39, 0.29) is 0 Å². The van der Waals surface area contributed by atoms with Gasteiger partial charge in [0.1, 0.15) is 0 Å². The van der Waals surface area contributed by atoms with Crippen LogP contribution in [-0.4, -0.2) is 4.98 Å². The molecular formula is C12H9Cl3N2. The van der Waals surface area contributed by atoms with Gasteiger partial charge in [0.25, 0.3) is 0 Å². The maximum absolute atomic E-state index is 6.14. The molecule has 5 heteroatoms. The number of aromatic nitrogens is 1. The predicted octanol–water partition coefficient (Wildman–Crippen LogP) is 4.17. The number of hydrogen-bond acceptors (Lipinski definition) is 2. The lowest BCUT2D eigenvalue weighted by molar-refractivity contribution is 1.05. The highest BCUT2D eigenvalue weighted by molar-refractivity contribution is 6.41. The molecule has 1 aromatic carbocycles. The summed E-state index contributed by atoms with van der Waals surface area (Å²) >= 11 is 18.1. The van der Waals surface area contributed by atoms with E-state index in [1.807, 2.05) is 6.07 Å². The van der Waals surface area contributed by atoms with Gasteiger partial charge in [0, 0.05) is 35.1 Å². The van der Waals surface area contributed by atoms with Gasteiger partial charge in [-0.1, -0.05) is 34.8 Å². The van der Waals surface area contributed by atoms with Crippen molar-refractivity contribution in [1.29, 1.82) is 0 Å². The third kappa shape index (κ3) is 2.72. The van der Waals surface area contributed by atoms with Gasteiger partial charge in [0.15, 0.2) is 0 Å². The van der Waals surface area contributed by atoms with Crippen molar-refractivity contribution in [3.05, 3.63) is 51.2 Å². The molecule has 0 amide bonds. The number of halogens is 3. The lowest BCUT2D eigenvalue weighted by Gasteiger charge is -2.08. The highest BCUT2D eigenvalue weighted by atomic mass is 35.5. The smallest absolute Gasteiger partial charge is 0.0514 e. The van der Waals surface area contributed by atoms with Gasteiger partial charge in [-0.25, -0.2) is 0 Å². The van der Waals surface area contributed by atoms with E-state index in [4.69, 9.17) is 40.5 Å². The van der Waals surface area contributed by atoms with Crippen molar-refractivity contribution in [3.8, 4) is 11.1 Å². The predicted molar refractivity (Wildman–Crippen MR) is 72.6 cm³/mol. The summed E-state index contributed by atoms with van der Waals surface area (Å²) in [4.78, 5) is 4.11. The van der Waals surface area contributed by atoms with Gasteiger partial charge >= 0.3 is 0 Å². The maximum atomic E-state index is 6.14. The van der Waals surface area contributed by atoms with Crippen LogP contribution in [0.25, 0.3) is 11.1 Å². The Morgan fingerprint density at radius 1 is 1.00 bits per heavy atom. The highest BCUT2D eigenvalue weighted by Crippen LogP contribution is 2.36. The molecule has 1 heterocycles. The van der Waals surface area contributed by atoms with Crippen LogP contribution in [0.3, 0.4) is 0 Å². The molecule has 0 aliphatic heterocycles. The zero-order valence-electron chi connectivity index (χ0n) is 8.75. The van der Waals surface area contributed by atoms with Crippen LogP contribution in [0.1, 0.15) is 5.56 Å². The Hall–Kier alpha value is -0.800. The Morgan fingerprint density at radius 2 is 1.65 bits per heavy atom. The van der Waals surface area contributed by atoms with E-state index >= 15 is 0 Å². The zero-order valence-corrected chi connectivity index (χ0v) is 11.0. The molecule has 0 aliphatic rings. The Balaban J connectivity index is 2.60. The summed E-state index contributed by atoms with van der Waals surface area (Å²) in [5, 5.41) is 1.50. The largest absolute Gasteiger partial charge is 0.326 e. The van der Waals surface area contributed by atoms with E-state index in [0.29, 0.717) is 21.6 Å². The van der Waals surface area contributed by atoms with Crippen LogP contribution in [0.4, 0.5) is 0 Å². The normalized spacial score (nSPS) is 10.6. The fraction of sp³-hybridized carbons (Fsp3) is 0.0833. The van der Waals surface area contributed by atoms with Crippen molar-refractivity contribution in [2.75, 3.05) is 0 Å². The first-order valence-electron chi connectivity index (χ1n) is 4.90. The summed E-state index contributed by atoms with van der Waals surface area (Å²) in [6.07, 6.45) is 3.40. The Bertz CT molecular complexity index is 532. The van der Waals surface area contributed by atoms with Crippen LogP contribution < -0.4 is 5.73 Å². The fourth-order valence-corrected chi connectivity index (χ4v) is 2.59. The SMILES string of the molecule is NCc1cncc(-c2c(Cl)cc(Cl)cc2Cl)c1. The van der Waals surface area contributed by atoms with Crippen LogP contribution in [0.2, 0.25) is 15.1 Å². The summed E-state index contributed by atoms with van der Waals surface area (Å²) in [5.41, 5.74) is 8.05. The lowest BCUT2D eigenvalue weighted by atomic mass is 10.1. The molecule has 0 radical (unpaired) electrons. The second-order valence-electron chi connectivity index (χ2n) is 3.53. The minimum Gasteiger partial charge on any atom is -0.326 e. The highest BCUT2D eigenvalue weighted by Gasteiger charge is 2.10. The van der Waals surface area contributed by atoms with E-state index in [1.165, 1.54) is 0 Å². The molecule has 0 unspecified atom stereocenters. The standard InChI is InChI=1S/C12H9Cl3N2/c13-9-2-10(14)12(11(15)3-9)8-1-7(4-16)5-17-6-8/h1-3,5-6H,4,16H2. The number of hydrogen-bond donors (Lipinski definition) is 1. The monoisotopic (exact) mass is 286 g/mol. The second kappa shape index (κ2) is 5.23. The number of benzene rings is 1. The summed E-state index contributed by atoms with van der Waals surface area (Å²) < 4.78 is 0. The summed E-state index contributed by atoms with van der Waals surface area (Å²) in [7, 11) is 0. The van der Waals surface area contributed by atoms with Crippen LogP contribution >= 0.6 is 34.8 Å². The molecule has 0 saturated carbocycles. The van der Waals surface area contributed by atoms with Gasteiger partial charge in [-0.05, 0) is 23.8 Å². The van der Waals surface area contributed by atoms with E-state index in [0.717, 1.165) is 16.7 Å². The average molecular weight is 288 g/mol. The van der Waals surface area contributed by atoms with Crippen molar-refractivity contribution < 1.29 is 0 Å². The van der Waals surface area contributed by atoms with Crippen LogP contribution in [0, 0.1) is 0 Å². The third-order valence-electron chi connectivity index (χ3n) is 2.33. The molecule has 0 aliphatic carbocycles. The van der Waals surface area contributed by atoms with Gasteiger partial charge in [-0.3, -0.25) is 4.98 Å². The molecule has 0 fully saturated rings. The fourth-order valence-electron chi connectivity index (χ4n) is 1.55. The van der Waals surface area contributed by atoms with Crippen LogP contribution in [0.5, 0.6) is 0 Å². The number of nitrogens with zero attached hydrogens (tertiary/aromatic N) is 1. The molecule has 0 atom stereocenters. The molecular weight excluding hydrogens is 279 g/mol. The van der Waals surface area contributed by atoms with E-state index in [2.05, 4.69) is 4.98 Å². The van der Waals surface area contributed by atoms with E-state index in [9.17, 15) is 0 Å². The minimum absolute atomic E-state index is 0.420. The maximum Gasteiger partial charge on any atom is 0.0514 e. The molecule has 0 saturated heterocycles. The van der Waals surface area contributed by atoms with Crippen molar-refractivity contribution in [3.63, 3.8) is 0 Å². The molecule has 0 bridgehead atoms. The number of rotatable bonds is 2. The van der Waals surface area contributed by atoms with Gasteiger partial charge in [-0.15, -0.1) is 0 Å². The molecule has 1 aromatic heterocycles. The minimum atomic E-state index is 0.420. The second-order valence-corrected chi connectivity index (χ2v) is 4.78. The van der Waals surface area contributed by atoms with Crippen molar-refractivity contribution in [2.24, 2.45) is 5.73 Å². The first-order valence-corrected chi connectivity index (χ1v) is 6.04. The summed E-state index contributed by atoms with van der Waals surface area (Å²) in [5.74, 6) is 0. The molecule has 2 N–H and O–H groups in total. The Kier molecular flexibility index (Phi) is 3.89. The molecule has 88 valence electrons. The topological polar surface area (TPSA) is 38.9 Å². The molecule has 0 spiro atoms. The summed E-state index contributed by atoms with van der Waals surface area (Å²) in [6.45, 7) is 0.420. The quantitative estimate of drug-likeness (QED) is 0.900. The van der Waals surface area contributed by atoms with E-state index in [1.54, 1.807) is 24.5 Å². The first-order chi connectivity index (χ1) is 8.11. The van der Waals surface area contributed by atoms with Crippen molar-refractivity contribution in [1.82, 2.24) is 4.98 Å². The Morgan fingerprint density at radius 3 is 2.24 bits per heavy atom. The van der Waals surface area contributed by atoms with Crippen LogP contribution in [0.15, 0.2) is 30.6 Å². The Labute approximate surface area is 114 Å². The third-order valence-corrected chi connectivity index (χ3v) is 3.14. The van der Waals surface area contributed by atoms with Gasteiger partial charge in [0.05, 0.1) is 10.0 Å². The van der Waals surface area contributed by atoms with Crippen LogP contribution in [-0.2, 0) is 6.54 Å². The van der Waals surface area contributed by atoms with E-state index < -0.39 is 0 Å². The summed E-state index contributed by atoms with van der Waals surface area (Å²) in [6, 6.07) is 5.22. The van der Waals surface area contributed by atoms with Crippen molar-refractivity contribution in [2.45, 2.75) is 6.54 Å². The molecule has 2 nitrogen and oxygen atoms in total. The molecule has 2 rings (SSSR count). The number of pyridine rings is 1. The van der Waals surface area contributed by atoms with Gasteiger partial charge in [0.2, 0.25) is 0 Å². The molecule has 17 heavy (non-hydrogen) atoms. The van der Waals surface area contributed by atoms with Gasteiger partial charge in [-0.2, -0.15) is 0 Å². The van der Waals surface area contributed by atoms with Crippen molar-refractivity contribution >= 4 is 34.8 Å². The first kappa shape index (κ1) is 12.7. The number of nitrogens with two attached hydrogens (primary N) is 1. The molecule has 2 aromatic rings. The lowest BCUT2D eigenvalue weighted by Crippen LogP contribution is -1.97. The average Bonchev–Trinajstić information content (AvgIpc) is 2.28.